The van der Waals surface area contributed by atoms with E-state index in [1.165, 1.54) is 15.8 Å². The maximum atomic E-state index is 12.6. The average Bonchev–Trinajstić information content (AvgIpc) is 3.12. The van der Waals surface area contributed by atoms with E-state index in [1.807, 2.05) is 29.2 Å². The summed E-state index contributed by atoms with van der Waals surface area (Å²) in [5.74, 6) is 0.650. The highest BCUT2D eigenvalue weighted by Crippen LogP contribution is 2.32. The number of aromatic nitrogens is 1. The second-order valence-electron chi connectivity index (χ2n) is 7.04. The summed E-state index contributed by atoms with van der Waals surface area (Å²) in [6.45, 7) is 7.39. The van der Waals surface area contributed by atoms with Crippen LogP contribution >= 0.6 is 34.7 Å². The van der Waals surface area contributed by atoms with Crippen molar-refractivity contribution in [1.82, 2.24) is 9.88 Å². The lowest BCUT2D eigenvalue weighted by Crippen LogP contribution is -2.49. The lowest BCUT2D eigenvalue weighted by Gasteiger charge is -2.34. The van der Waals surface area contributed by atoms with Gasteiger partial charge in [-0.05, 0) is 55.3 Å². The van der Waals surface area contributed by atoms with Crippen LogP contribution in [0.2, 0.25) is 5.02 Å². The van der Waals surface area contributed by atoms with Crippen molar-refractivity contribution in [3.8, 4) is 0 Å². The van der Waals surface area contributed by atoms with E-state index in [4.69, 9.17) is 16.6 Å². The summed E-state index contributed by atoms with van der Waals surface area (Å²) in [7, 11) is 0. The molecule has 0 bridgehead atoms. The monoisotopic (exact) mass is 431 g/mol. The number of halogens is 1. The van der Waals surface area contributed by atoms with Gasteiger partial charge >= 0.3 is 0 Å². The van der Waals surface area contributed by atoms with Gasteiger partial charge in [-0.2, -0.15) is 0 Å². The summed E-state index contributed by atoms with van der Waals surface area (Å²) < 4.78 is 1.24. The first-order valence-corrected chi connectivity index (χ1v) is 11.5. The van der Waals surface area contributed by atoms with E-state index in [0.717, 1.165) is 41.7 Å². The number of rotatable bonds is 4. The summed E-state index contributed by atoms with van der Waals surface area (Å²) in [4.78, 5) is 22.7. The van der Waals surface area contributed by atoms with Crippen LogP contribution in [0.1, 0.15) is 11.1 Å². The van der Waals surface area contributed by atoms with Crippen LogP contribution in [0, 0.1) is 13.8 Å². The summed E-state index contributed by atoms with van der Waals surface area (Å²) in [5.41, 5.74) is 3.60. The zero-order chi connectivity index (χ0) is 19.7. The highest BCUT2D eigenvalue weighted by atomic mass is 35.5. The Kier molecular flexibility index (Phi) is 5.80. The van der Waals surface area contributed by atoms with E-state index >= 15 is 0 Å². The minimum absolute atomic E-state index is 0.190. The molecule has 1 aromatic heterocycles. The zero-order valence-electron chi connectivity index (χ0n) is 15.9. The molecule has 1 amide bonds. The number of benzene rings is 2. The van der Waals surface area contributed by atoms with Gasteiger partial charge in [-0.1, -0.05) is 29.0 Å². The standard InChI is InChI=1S/C21H22ClN3OS2/c1-14-11-15(2)20-18(12-14)28-21(23-20)25-9-7-24(8-10-25)19(26)13-27-17-5-3-16(22)4-6-17/h3-6,11-12H,7-10,13H2,1-2H3. The van der Waals surface area contributed by atoms with E-state index in [1.54, 1.807) is 23.1 Å². The van der Waals surface area contributed by atoms with Crippen LogP contribution in [-0.4, -0.2) is 47.7 Å². The minimum atomic E-state index is 0.190. The van der Waals surface area contributed by atoms with Gasteiger partial charge in [-0.3, -0.25) is 4.79 Å². The zero-order valence-corrected chi connectivity index (χ0v) is 18.3. The second-order valence-corrected chi connectivity index (χ2v) is 9.53. The number of thioether (sulfide) groups is 1. The fourth-order valence-electron chi connectivity index (χ4n) is 3.41. The predicted molar refractivity (Wildman–Crippen MR) is 120 cm³/mol. The molecular formula is C21H22ClN3OS2. The van der Waals surface area contributed by atoms with Crippen LogP contribution in [0.4, 0.5) is 5.13 Å². The van der Waals surface area contributed by atoms with Gasteiger partial charge in [0.15, 0.2) is 5.13 Å². The third-order valence-corrected chi connectivity index (χ3v) is 7.21. The maximum Gasteiger partial charge on any atom is 0.233 e. The van der Waals surface area contributed by atoms with Crippen LogP contribution in [0.5, 0.6) is 0 Å². The summed E-state index contributed by atoms with van der Waals surface area (Å²) in [5, 5.41) is 1.78. The number of hydrogen-bond acceptors (Lipinski definition) is 5. The largest absolute Gasteiger partial charge is 0.345 e. The van der Waals surface area contributed by atoms with Crippen LogP contribution in [-0.2, 0) is 4.79 Å². The average molecular weight is 432 g/mol. The fraction of sp³-hybridized carbons (Fsp3) is 0.333. The molecule has 0 aliphatic carbocycles. The molecule has 1 saturated heterocycles. The lowest BCUT2D eigenvalue weighted by atomic mass is 10.1. The Morgan fingerprint density at radius 3 is 2.57 bits per heavy atom. The molecule has 146 valence electrons. The van der Waals surface area contributed by atoms with Crippen LogP contribution in [0.15, 0.2) is 41.3 Å². The third kappa shape index (κ3) is 4.29. The van der Waals surface area contributed by atoms with E-state index in [2.05, 4.69) is 30.9 Å². The molecule has 2 aromatic carbocycles. The first-order valence-electron chi connectivity index (χ1n) is 9.28. The first-order chi connectivity index (χ1) is 13.5. The summed E-state index contributed by atoms with van der Waals surface area (Å²) in [6.07, 6.45) is 0. The number of thiazole rings is 1. The highest BCUT2D eigenvalue weighted by Gasteiger charge is 2.23. The molecule has 0 unspecified atom stereocenters. The molecule has 4 nitrogen and oxygen atoms in total. The molecular weight excluding hydrogens is 410 g/mol. The van der Waals surface area contributed by atoms with Gasteiger partial charge in [-0.15, -0.1) is 11.8 Å². The maximum absolute atomic E-state index is 12.6. The van der Waals surface area contributed by atoms with Gasteiger partial charge in [0.2, 0.25) is 5.91 Å². The van der Waals surface area contributed by atoms with Gasteiger partial charge < -0.3 is 9.80 Å². The molecule has 0 radical (unpaired) electrons. The Hall–Kier alpha value is -1.76. The Balaban J connectivity index is 1.34. The van der Waals surface area contributed by atoms with Crippen molar-refractivity contribution in [1.29, 1.82) is 0 Å². The van der Waals surface area contributed by atoms with Crippen LogP contribution in [0.3, 0.4) is 0 Å². The molecule has 0 atom stereocenters. The van der Waals surface area contributed by atoms with Crippen molar-refractivity contribution < 1.29 is 4.79 Å². The Morgan fingerprint density at radius 2 is 1.86 bits per heavy atom. The molecule has 2 heterocycles. The van der Waals surface area contributed by atoms with Gasteiger partial charge in [0.1, 0.15) is 0 Å². The van der Waals surface area contributed by atoms with Crippen molar-refractivity contribution in [2.45, 2.75) is 18.7 Å². The molecule has 28 heavy (non-hydrogen) atoms. The van der Waals surface area contributed by atoms with Crippen molar-refractivity contribution in [3.63, 3.8) is 0 Å². The number of hydrogen-bond donors (Lipinski definition) is 0. The molecule has 7 heteroatoms. The molecule has 1 aliphatic heterocycles. The number of nitrogens with zero attached hydrogens (tertiary/aromatic N) is 3. The minimum Gasteiger partial charge on any atom is -0.345 e. The van der Waals surface area contributed by atoms with Gasteiger partial charge in [-0.25, -0.2) is 4.98 Å². The summed E-state index contributed by atoms with van der Waals surface area (Å²) >= 11 is 9.22. The van der Waals surface area contributed by atoms with E-state index in [0.29, 0.717) is 10.8 Å². The first kappa shape index (κ1) is 19.6. The topological polar surface area (TPSA) is 36.4 Å². The number of carbonyl (C=O) groups is 1. The smallest absolute Gasteiger partial charge is 0.233 e. The molecule has 0 saturated carbocycles. The third-order valence-electron chi connectivity index (χ3n) is 4.90. The van der Waals surface area contributed by atoms with E-state index in [9.17, 15) is 4.79 Å². The molecule has 0 N–H and O–H groups in total. The number of amides is 1. The number of aryl methyl sites for hydroxylation is 2. The lowest BCUT2D eigenvalue weighted by molar-refractivity contribution is -0.128. The molecule has 1 aliphatic rings. The Bertz CT molecular complexity index is 995. The van der Waals surface area contributed by atoms with Gasteiger partial charge in [0, 0.05) is 36.1 Å². The SMILES string of the molecule is Cc1cc(C)c2nc(N3CCN(C(=O)CSc4ccc(Cl)cc4)CC3)sc2c1. The predicted octanol–water partition coefficient (Wildman–Crippen LogP) is 5.01. The van der Waals surface area contributed by atoms with Crippen LogP contribution in [0.25, 0.3) is 10.2 Å². The normalized spacial score (nSPS) is 14.7. The number of fused-ring (bicyclic) bond motifs is 1. The van der Waals surface area contributed by atoms with E-state index in [-0.39, 0.29) is 5.91 Å². The molecule has 3 aromatic rings. The molecule has 0 spiro atoms. The quantitative estimate of drug-likeness (QED) is 0.544. The van der Waals surface area contributed by atoms with Crippen molar-refractivity contribution in [2.75, 3.05) is 36.8 Å². The number of carbonyl (C=O) groups excluding carboxylic acids is 1. The molecule has 4 rings (SSSR count). The fourth-order valence-corrected chi connectivity index (χ4v) is 5.53. The van der Waals surface area contributed by atoms with Crippen molar-refractivity contribution >= 4 is 56.0 Å². The Labute approximate surface area is 178 Å². The van der Waals surface area contributed by atoms with Crippen molar-refractivity contribution in [3.05, 3.63) is 52.5 Å². The summed E-state index contributed by atoms with van der Waals surface area (Å²) in [6, 6.07) is 12.0. The number of anilines is 1. The van der Waals surface area contributed by atoms with Crippen molar-refractivity contribution in [2.24, 2.45) is 0 Å². The van der Waals surface area contributed by atoms with Gasteiger partial charge in [0.25, 0.3) is 0 Å². The number of piperazine rings is 1. The molecule has 1 fully saturated rings. The van der Waals surface area contributed by atoms with Gasteiger partial charge in [0.05, 0.1) is 16.0 Å². The Morgan fingerprint density at radius 1 is 1.14 bits per heavy atom. The van der Waals surface area contributed by atoms with Crippen LogP contribution < -0.4 is 4.90 Å². The second kappa shape index (κ2) is 8.31. The van der Waals surface area contributed by atoms with E-state index < -0.39 is 0 Å². The highest BCUT2D eigenvalue weighted by molar-refractivity contribution is 8.00.